The number of hydrogen-bond acceptors (Lipinski definition) is 2. The number of hydrogen-bond donors (Lipinski definition) is 1. The Labute approximate surface area is 46.4 Å². The highest BCUT2D eigenvalue weighted by Gasteiger charge is 2.08. The van der Waals surface area contributed by atoms with E-state index in [4.69, 9.17) is 0 Å². The van der Waals surface area contributed by atoms with E-state index in [0.29, 0.717) is 0 Å². The fourth-order valence-electron chi connectivity index (χ4n) is 0.496. The van der Waals surface area contributed by atoms with Crippen molar-refractivity contribution >= 4 is 11.7 Å². The van der Waals surface area contributed by atoms with Gasteiger partial charge in [0.2, 0.25) is 5.91 Å². The standard InChI is InChI=1S/C5H5NO2/c7-4-1-2-6-5(8)3-4/h1-2H,3H2,(H,6,8). The maximum absolute atomic E-state index is 10.3. The van der Waals surface area contributed by atoms with Gasteiger partial charge in [0.25, 0.3) is 0 Å². The quantitative estimate of drug-likeness (QED) is 0.432. The number of carbonyl (C=O) groups excluding carboxylic acids is 2. The largest absolute Gasteiger partial charge is 0.332 e. The smallest absolute Gasteiger partial charge is 0.231 e. The van der Waals surface area contributed by atoms with Gasteiger partial charge in [-0.25, -0.2) is 0 Å². The lowest BCUT2D eigenvalue weighted by Gasteiger charge is -2.00. The van der Waals surface area contributed by atoms with E-state index in [1.54, 1.807) is 0 Å². The molecule has 1 aliphatic rings. The molecule has 0 bridgehead atoms. The summed E-state index contributed by atoms with van der Waals surface area (Å²) in [5, 5.41) is 2.37. The number of nitrogens with one attached hydrogen (secondary N) is 1. The van der Waals surface area contributed by atoms with Crippen molar-refractivity contribution in [3.05, 3.63) is 12.3 Å². The molecule has 0 aromatic heterocycles. The summed E-state index contributed by atoms with van der Waals surface area (Å²) in [4.78, 5) is 20.6. The van der Waals surface area contributed by atoms with Crippen LogP contribution in [0.2, 0.25) is 0 Å². The summed E-state index contributed by atoms with van der Waals surface area (Å²) in [7, 11) is 0. The molecule has 0 saturated carbocycles. The van der Waals surface area contributed by atoms with Crippen molar-refractivity contribution in [2.75, 3.05) is 0 Å². The molecule has 1 N–H and O–H groups in total. The Morgan fingerprint density at radius 3 is 2.62 bits per heavy atom. The van der Waals surface area contributed by atoms with Crippen LogP contribution in [-0.4, -0.2) is 11.7 Å². The van der Waals surface area contributed by atoms with Crippen molar-refractivity contribution in [2.45, 2.75) is 6.42 Å². The zero-order valence-corrected chi connectivity index (χ0v) is 4.18. The molecule has 3 nitrogen and oxygen atoms in total. The third-order valence-corrected chi connectivity index (χ3v) is 0.848. The number of ketones is 1. The molecule has 0 atom stereocenters. The lowest BCUT2D eigenvalue weighted by molar-refractivity contribution is -0.126. The Balaban J connectivity index is 2.68. The number of rotatable bonds is 0. The summed E-state index contributed by atoms with van der Waals surface area (Å²) in [5.41, 5.74) is 0. The van der Waals surface area contributed by atoms with Gasteiger partial charge in [-0.1, -0.05) is 0 Å². The van der Waals surface area contributed by atoms with Crippen molar-refractivity contribution < 1.29 is 9.59 Å². The first kappa shape index (κ1) is 5.03. The minimum Gasteiger partial charge on any atom is -0.332 e. The summed E-state index contributed by atoms with van der Waals surface area (Å²) in [6.07, 6.45) is 2.70. The van der Waals surface area contributed by atoms with E-state index >= 15 is 0 Å². The minimum absolute atomic E-state index is 0.00347. The van der Waals surface area contributed by atoms with Gasteiger partial charge < -0.3 is 5.32 Å². The van der Waals surface area contributed by atoms with Crippen molar-refractivity contribution in [1.82, 2.24) is 5.32 Å². The first-order valence-electron chi connectivity index (χ1n) is 2.28. The number of carbonyl (C=O) groups is 2. The molecule has 0 radical (unpaired) electrons. The fourth-order valence-corrected chi connectivity index (χ4v) is 0.496. The second-order valence-electron chi connectivity index (χ2n) is 1.54. The van der Waals surface area contributed by atoms with Gasteiger partial charge in [0.05, 0.1) is 6.42 Å². The monoisotopic (exact) mass is 111 g/mol. The van der Waals surface area contributed by atoms with E-state index in [-0.39, 0.29) is 18.1 Å². The molecule has 1 aliphatic heterocycles. The van der Waals surface area contributed by atoms with E-state index in [2.05, 4.69) is 5.32 Å². The molecule has 1 amide bonds. The van der Waals surface area contributed by atoms with E-state index in [1.165, 1.54) is 12.3 Å². The number of allylic oxidation sites excluding steroid dienone is 1. The highest BCUT2D eigenvalue weighted by atomic mass is 16.2. The van der Waals surface area contributed by atoms with Gasteiger partial charge in [0.15, 0.2) is 5.78 Å². The van der Waals surface area contributed by atoms with Crippen LogP contribution in [0, 0.1) is 0 Å². The Hall–Kier alpha value is -1.12. The second kappa shape index (κ2) is 1.78. The molecule has 8 heavy (non-hydrogen) atoms. The zero-order chi connectivity index (χ0) is 5.98. The van der Waals surface area contributed by atoms with Crippen molar-refractivity contribution in [1.29, 1.82) is 0 Å². The Bertz CT molecular complexity index is 160. The molecular formula is C5H5NO2. The van der Waals surface area contributed by atoms with Crippen LogP contribution in [0.1, 0.15) is 6.42 Å². The molecule has 0 aromatic rings. The SMILES string of the molecule is O=C1C=CNC(=O)C1. The Kier molecular flexibility index (Phi) is 1.12. The first-order valence-corrected chi connectivity index (χ1v) is 2.28. The van der Waals surface area contributed by atoms with Crippen molar-refractivity contribution in [3.63, 3.8) is 0 Å². The molecule has 0 fully saturated rings. The molecule has 0 aromatic carbocycles. The van der Waals surface area contributed by atoms with Gasteiger partial charge in [-0.05, 0) is 6.08 Å². The van der Waals surface area contributed by atoms with E-state index in [1.807, 2.05) is 0 Å². The van der Waals surface area contributed by atoms with Crippen LogP contribution in [0.25, 0.3) is 0 Å². The molecular weight excluding hydrogens is 106 g/mol. The molecule has 3 heteroatoms. The summed E-state index contributed by atoms with van der Waals surface area (Å²) in [6, 6.07) is 0. The average Bonchev–Trinajstić information content (AvgIpc) is 1.64. The molecule has 0 aliphatic carbocycles. The topological polar surface area (TPSA) is 46.2 Å². The average molecular weight is 111 g/mol. The molecule has 42 valence electrons. The van der Waals surface area contributed by atoms with Gasteiger partial charge in [-0.2, -0.15) is 0 Å². The highest BCUT2D eigenvalue weighted by molar-refractivity contribution is 6.06. The van der Waals surface area contributed by atoms with Gasteiger partial charge in [-0.3, -0.25) is 9.59 Å². The van der Waals surface area contributed by atoms with Crippen LogP contribution < -0.4 is 5.32 Å². The molecule has 0 saturated heterocycles. The third kappa shape index (κ3) is 0.932. The van der Waals surface area contributed by atoms with E-state index in [9.17, 15) is 9.59 Å². The molecule has 0 spiro atoms. The van der Waals surface area contributed by atoms with Crippen LogP contribution >= 0.6 is 0 Å². The lowest BCUT2D eigenvalue weighted by Crippen LogP contribution is -2.24. The molecule has 1 heterocycles. The van der Waals surface area contributed by atoms with Crippen molar-refractivity contribution in [2.24, 2.45) is 0 Å². The van der Waals surface area contributed by atoms with Gasteiger partial charge in [0, 0.05) is 6.20 Å². The second-order valence-corrected chi connectivity index (χ2v) is 1.54. The molecule has 1 rings (SSSR count). The normalized spacial score (nSPS) is 18.5. The van der Waals surface area contributed by atoms with E-state index in [0.717, 1.165) is 0 Å². The van der Waals surface area contributed by atoms with Crippen LogP contribution in [-0.2, 0) is 9.59 Å². The van der Waals surface area contributed by atoms with Crippen molar-refractivity contribution in [3.8, 4) is 0 Å². The van der Waals surface area contributed by atoms with Gasteiger partial charge >= 0.3 is 0 Å². The molecule has 0 unspecified atom stereocenters. The maximum atomic E-state index is 10.3. The van der Waals surface area contributed by atoms with Crippen LogP contribution in [0.4, 0.5) is 0 Å². The Morgan fingerprint density at radius 2 is 2.25 bits per heavy atom. The van der Waals surface area contributed by atoms with E-state index < -0.39 is 0 Å². The van der Waals surface area contributed by atoms with Gasteiger partial charge in [0.1, 0.15) is 0 Å². The Morgan fingerprint density at radius 1 is 1.50 bits per heavy atom. The predicted octanol–water partition coefficient (Wildman–Crippen LogP) is -0.411. The fraction of sp³-hybridized carbons (Fsp3) is 0.200. The van der Waals surface area contributed by atoms with Crippen LogP contribution in [0.3, 0.4) is 0 Å². The summed E-state index contributed by atoms with van der Waals surface area (Å²) in [6.45, 7) is 0. The summed E-state index contributed by atoms with van der Waals surface area (Å²) in [5.74, 6) is -0.355. The predicted molar refractivity (Wildman–Crippen MR) is 26.9 cm³/mol. The lowest BCUT2D eigenvalue weighted by atomic mass is 10.2. The number of amides is 1. The summed E-state index contributed by atoms with van der Waals surface area (Å²) >= 11 is 0. The van der Waals surface area contributed by atoms with Crippen LogP contribution in [0.5, 0.6) is 0 Å². The van der Waals surface area contributed by atoms with Gasteiger partial charge in [-0.15, -0.1) is 0 Å². The zero-order valence-electron chi connectivity index (χ0n) is 4.18. The first-order chi connectivity index (χ1) is 3.79. The third-order valence-electron chi connectivity index (χ3n) is 0.848. The van der Waals surface area contributed by atoms with Crippen LogP contribution in [0.15, 0.2) is 12.3 Å². The summed E-state index contributed by atoms with van der Waals surface area (Å²) < 4.78 is 0. The minimum atomic E-state index is -0.225. The maximum Gasteiger partial charge on any atom is 0.231 e. The highest BCUT2D eigenvalue weighted by Crippen LogP contribution is 1.90.